The van der Waals surface area contributed by atoms with Crippen molar-refractivity contribution in [2.75, 3.05) is 36.5 Å². The minimum Gasteiger partial charge on any atom is -0.378 e. The van der Waals surface area contributed by atoms with Gasteiger partial charge in [0.25, 0.3) is 5.91 Å². The van der Waals surface area contributed by atoms with Gasteiger partial charge in [0.15, 0.2) is 0 Å². The van der Waals surface area contributed by atoms with Gasteiger partial charge < -0.3 is 20.7 Å². The van der Waals surface area contributed by atoms with Crippen molar-refractivity contribution in [3.63, 3.8) is 0 Å². The number of ether oxygens (including phenoxy) is 1. The zero-order valence-electron chi connectivity index (χ0n) is 14.4. The number of anilines is 2. The summed E-state index contributed by atoms with van der Waals surface area (Å²) < 4.78 is 44.6. The van der Waals surface area contributed by atoms with E-state index in [1.54, 1.807) is 29.2 Å². The summed E-state index contributed by atoms with van der Waals surface area (Å²) in [5, 5.41) is 2.63. The zero-order valence-corrected chi connectivity index (χ0v) is 14.4. The monoisotopic (exact) mass is 380 g/mol. The Morgan fingerprint density at radius 3 is 2.67 bits per heavy atom. The fourth-order valence-corrected chi connectivity index (χ4v) is 2.78. The van der Waals surface area contributed by atoms with Crippen LogP contribution in [0.15, 0.2) is 36.5 Å². The van der Waals surface area contributed by atoms with E-state index in [1.807, 2.05) is 0 Å². The third kappa shape index (κ3) is 4.55. The molecule has 27 heavy (non-hydrogen) atoms. The van der Waals surface area contributed by atoms with Crippen LogP contribution in [0.4, 0.5) is 24.7 Å². The molecule has 1 fully saturated rings. The first kappa shape index (κ1) is 19.1. The average molecular weight is 380 g/mol. The molecular formula is C18H19F3N4O2. The van der Waals surface area contributed by atoms with E-state index in [-0.39, 0.29) is 17.9 Å². The molecule has 9 heteroatoms. The Bertz CT molecular complexity index is 820. The van der Waals surface area contributed by atoms with E-state index in [2.05, 4.69) is 10.3 Å². The van der Waals surface area contributed by atoms with Crippen molar-refractivity contribution >= 4 is 17.4 Å². The van der Waals surface area contributed by atoms with Crippen molar-refractivity contribution in [3.8, 4) is 0 Å². The molecule has 0 spiro atoms. The number of rotatable bonds is 4. The maximum atomic E-state index is 13.1. The highest BCUT2D eigenvalue weighted by molar-refractivity contribution is 6.07. The van der Waals surface area contributed by atoms with Gasteiger partial charge in [0, 0.05) is 31.5 Å². The number of hydrogen-bond acceptors (Lipinski definition) is 5. The van der Waals surface area contributed by atoms with E-state index in [4.69, 9.17) is 10.5 Å². The van der Waals surface area contributed by atoms with E-state index >= 15 is 0 Å². The molecular weight excluding hydrogens is 361 g/mol. The Kier molecular flexibility index (Phi) is 5.62. The van der Waals surface area contributed by atoms with Crippen LogP contribution >= 0.6 is 0 Å². The lowest BCUT2D eigenvalue weighted by atomic mass is 10.1. The van der Waals surface area contributed by atoms with Gasteiger partial charge in [-0.1, -0.05) is 12.1 Å². The van der Waals surface area contributed by atoms with Crippen LogP contribution in [0.2, 0.25) is 0 Å². The summed E-state index contributed by atoms with van der Waals surface area (Å²) in [4.78, 5) is 18.4. The van der Waals surface area contributed by atoms with E-state index in [9.17, 15) is 18.0 Å². The maximum absolute atomic E-state index is 13.1. The molecule has 1 aliphatic rings. The SMILES string of the molecule is NCc1cccc(NC(=O)c2cc(C(F)(F)F)cnc2N2CCOCC2)c1. The number of pyridine rings is 1. The van der Waals surface area contributed by atoms with E-state index in [0.29, 0.717) is 32.0 Å². The highest BCUT2D eigenvalue weighted by Gasteiger charge is 2.33. The minimum absolute atomic E-state index is 0.134. The number of alkyl halides is 3. The number of halogens is 3. The van der Waals surface area contributed by atoms with Crippen LogP contribution < -0.4 is 16.0 Å². The second kappa shape index (κ2) is 7.93. The second-order valence-corrected chi connectivity index (χ2v) is 6.05. The molecule has 2 heterocycles. The number of carbonyl (C=O) groups is 1. The quantitative estimate of drug-likeness (QED) is 0.852. The predicted octanol–water partition coefficient (Wildman–Crippen LogP) is 2.65. The zero-order chi connectivity index (χ0) is 19.4. The van der Waals surface area contributed by atoms with Crippen LogP contribution in [0.3, 0.4) is 0 Å². The van der Waals surface area contributed by atoms with Gasteiger partial charge in [-0.3, -0.25) is 4.79 Å². The van der Waals surface area contributed by atoms with Gasteiger partial charge in [-0.15, -0.1) is 0 Å². The first-order valence-corrected chi connectivity index (χ1v) is 8.39. The predicted molar refractivity (Wildman–Crippen MR) is 94.6 cm³/mol. The molecule has 1 amide bonds. The first-order valence-electron chi connectivity index (χ1n) is 8.39. The summed E-state index contributed by atoms with van der Waals surface area (Å²) in [6.07, 6.45) is -3.85. The average Bonchev–Trinajstić information content (AvgIpc) is 2.67. The molecule has 2 aromatic rings. The summed E-state index contributed by atoms with van der Waals surface area (Å²) in [5.41, 5.74) is 5.72. The first-order chi connectivity index (χ1) is 12.9. The van der Waals surface area contributed by atoms with Gasteiger partial charge >= 0.3 is 6.18 Å². The van der Waals surface area contributed by atoms with Gasteiger partial charge in [0.2, 0.25) is 0 Å². The van der Waals surface area contributed by atoms with Crippen LogP contribution in [-0.4, -0.2) is 37.2 Å². The molecule has 144 valence electrons. The Balaban J connectivity index is 1.95. The summed E-state index contributed by atoms with van der Waals surface area (Å²) in [5.74, 6) is -0.456. The number of morpholine rings is 1. The second-order valence-electron chi connectivity index (χ2n) is 6.05. The standard InChI is InChI=1S/C18H19F3N4O2/c19-18(20,21)13-9-15(16(23-11-13)25-4-6-27-7-5-25)17(26)24-14-3-1-2-12(8-14)10-22/h1-3,8-9,11H,4-7,10,22H2,(H,24,26). The molecule has 0 saturated carbocycles. The molecule has 1 aliphatic heterocycles. The number of hydrogen-bond donors (Lipinski definition) is 2. The van der Waals surface area contributed by atoms with Crippen LogP contribution in [-0.2, 0) is 17.5 Å². The largest absolute Gasteiger partial charge is 0.417 e. The fourth-order valence-electron chi connectivity index (χ4n) is 2.78. The summed E-state index contributed by atoms with van der Waals surface area (Å²) in [6, 6.07) is 7.66. The lowest BCUT2D eigenvalue weighted by molar-refractivity contribution is -0.137. The summed E-state index contributed by atoms with van der Waals surface area (Å²) in [6.45, 7) is 2.01. The number of nitrogens with zero attached hydrogens (tertiary/aromatic N) is 2. The normalized spacial score (nSPS) is 14.9. The van der Waals surface area contributed by atoms with Gasteiger partial charge in [-0.2, -0.15) is 13.2 Å². The van der Waals surface area contributed by atoms with Crippen molar-refractivity contribution in [2.24, 2.45) is 5.73 Å². The number of benzene rings is 1. The molecule has 0 bridgehead atoms. The lowest BCUT2D eigenvalue weighted by Crippen LogP contribution is -2.38. The molecule has 0 atom stereocenters. The Hall–Kier alpha value is -2.65. The lowest BCUT2D eigenvalue weighted by Gasteiger charge is -2.29. The van der Waals surface area contributed by atoms with Crippen molar-refractivity contribution in [2.45, 2.75) is 12.7 Å². The van der Waals surface area contributed by atoms with Crippen molar-refractivity contribution in [1.82, 2.24) is 4.98 Å². The number of aromatic nitrogens is 1. The van der Waals surface area contributed by atoms with Gasteiger partial charge in [0.05, 0.1) is 24.3 Å². The molecule has 1 aromatic carbocycles. The van der Waals surface area contributed by atoms with E-state index in [1.165, 1.54) is 0 Å². The van der Waals surface area contributed by atoms with Crippen molar-refractivity contribution in [1.29, 1.82) is 0 Å². The van der Waals surface area contributed by atoms with Gasteiger partial charge in [-0.25, -0.2) is 4.98 Å². The Labute approximate surface area is 154 Å². The molecule has 0 unspecified atom stereocenters. The molecule has 1 aromatic heterocycles. The minimum atomic E-state index is -4.59. The van der Waals surface area contributed by atoms with E-state index < -0.39 is 17.6 Å². The maximum Gasteiger partial charge on any atom is 0.417 e. The third-order valence-electron chi connectivity index (χ3n) is 4.17. The summed E-state index contributed by atoms with van der Waals surface area (Å²) >= 11 is 0. The smallest absolute Gasteiger partial charge is 0.378 e. The van der Waals surface area contributed by atoms with Crippen LogP contribution in [0.1, 0.15) is 21.5 Å². The molecule has 1 saturated heterocycles. The third-order valence-corrected chi connectivity index (χ3v) is 4.17. The van der Waals surface area contributed by atoms with Crippen LogP contribution in [0, 0.1) is 0 Å². The van der Waals surface area contributed by atoms with Crippen molar-refractivity contribution in [3.05, 3.63) is 53.2 Å². The highest BCUT2D eigenvalue weighted by atomic mass is 19.4. The number of nitrogens with two attached hydrogens (primary N) is 1. The fraction of sp³-hybridized carbons (Fsp3) is 0.333. The van der Waals surface area contributed by atoms with Gasteiger partial charge in [0.1, 0.15) is 5.82 Å². The molecule has 0 radical (unpaired) electrons. The number of nitrogens with one attached hydrogen (secondary N) is 1. The molecule has 3 rings (SSSR count). The van der Waals surface area contributed by atoms with E-state index in [0.717, 1.165) is 17.8 Å². The van der Waals surface area contributed by atoms with Crippen LogP contribution in [0.25, 0.3) is 0 Å². The molecule has 3 N–H and O–H groups in total. The Morgan fingerprint density at radius 1 is 1.26 bits per heavy atom. The number of amides is 1. The number of carbonyl (C=O) groups excluding carboxylic acids is 1. The van der Waals surface area contributed by atoms with Gasteiger partial charge in [-0.05, 0) is 23.8 Å². The van der Waals surface area contributed by atoms with Crippen LogP contribution in [0.5, 0.6) is 0 Å². The molecule has 0 aliphatic carbocycles. The highest BCUT2D eigenvalue weighted by Crippen LogP contribution is 2.32. The molecule has 6 nitrogen and oxygen atoms in total. The Morgan fingerprint density at radius 2 is 2.00 bits per heavy atom. The topological polar surface area (TPSA) is 80.5 Å². The summed E-state index contributed by atoms with van der Waals surface area (Å²) in [7, 11) is 0. The van der Waals surface area contributed by atoms with Crippen molar-refractivity contribution < 1.29 is 22.7 Å².